The molecule has 1 heterocycles. The van der Waals surface area contributed by atoms with Crippen molar-refractivity contribution in [3.8, 4) is 0 Å². The first kappa shape index (κ1) is 10.8. The molecule has 0 fully saturated rings. The molecule has 1 aromatic rings. The second-order valence-corrected chi connectivity index (χ2v) is 4.27. The van der Waals surface area contributed by atoms with Crippen LogP contribution in [0.15, 0.2) is 28.6 Å². The molecule has 3 heteroatoms. The number of halogens is 1. The average molecular weight is 216 g/mol. The highest BCUT2D eigenvalue weighted by molar-refractivity contribution is 7.10. The zero-order valence-electron chi connectivity index (χ0n) is 7.88. The molecule has 1 aromatic heterocycles. The molecule has 1 N–H and O–H groups in total. The highest BCUT2D eigenvalue weighted by atomic mass is 35.5. The molecular formula is C10H14ClNS. The average Bonchev–Trinajstić information content (AvgIpc) is 2.66. The Kier molecular flexibility index (Phi) is 4.50. The fourth-order valence-corrected chi connectivity index (χ4v) is 1.83. The van der Waals surface area contributed by atoms with Gasteiger partial charge in [-0.15, -0.1) is 11.3 Å². The zero-order chi connectivity index (χ0) is 9.68. The molecule has 0 saturated heterocycles. The third-order valence-electron chi connectivity index (χ3n) is 1.84. The van der Waals surface area contributed by atoms with E-state index < -0.39 is 0 Å². The number of hydrogen-bond acceptors (Lipinski definition) is 2. The van der Waals surface area contributed by atoms with Gasteiger partial charge in [0.05, 0.1) is 0 Å². The molecule has 0 spiro atoms. The van der Waals surface area contributed by atoms with Crippen LogP contribution in [0.25, 0.3) is 0 Å². The predicted molar refractivity (Wildman–Crippen MR) is 60.3 cm³/mol. The lowest BCUT2D eigenvalue weighted by Gasteiger charge is -2.11. The van der Waals surface area contributed by atoms with E-state index in [1.165, 1.54) is 4.88 Å². The third-order valence-corrected chi connectivity index (χ3v) is 3.27. The van der Waals surface area contributed by atoms with Crippen LogP contribution in [0, 0.1) is 0 Å². The van der Waals surface area contributed by atoms with E-state index in [4.69, 9.17) is 11.6 Å². The van der Waals surface area contributed by atoms with Crippen LogP contribution in [0.2, 0.25) is 0 Å². The van der Waals surface area contributed by atoms with Gasteiger partial charge in [0.25, 0.3) is 0 Å². The van der Waals surface area contributed by atoms with Crippen molar-refractivity contribution in [3.63, 3.8) is 0 Å². The minimum Gasteiger partial charge on any atom is -0.306 e. The summed E-state index contributed by atoms with van der Waals surface area (Å²) in [7, 11) is 0. The molecule has 0 saturated carbocycles. The van der Waals surface area contributed by atoms with Crippen molar-refractivity contribution in [1.82, 2.24) is 5.32 Å². The maximum Gasteiger partial charge on any atom is 0.0388 e. The first-order chi connectivity index (χ1) is 6.24. The normalized spacial score (nSPS) is 14.5. The first-order valence-electron chi connectivity index (χ1n) is 4.26. The van der Waals surface area contributed by atoms with E-state index in [9.17, 15) is 0 Å². The summed E-state index contributed by atoms with van der Waals surface area (Å²) in [4.78, 5) is 1.36. The van der Waals surface area contributed by atoms with E-state index in [0.717, 1.165) is 12.1 Å². The maximum atomic E-state index is 5.56. The molecule has 1 atom stereocenters. The summed E-state index contributed by atoms with van der Waals surface area (Å²) < 4.78 is 0. The van der Waals surface area contributed by atoms with Crippen LogP contribution >= 0.6 is 22.9 Å². The second-order valence-electron chi connectivity index (χ2n) is 3.07. The number of hydrogen-bond donors (Lipinski definition) is 1. The summed E-state index contributed by atoms with van der Waals surface area (Å²) >= 11 is 7.34. The molecule has 0 unspecified atom stereocenters. The molecule has 1 nitrogen and oxygen atoms in total. The molecule has 0 amide bonds. The van der Waals surface area contributed by atoms with Gasteiger partial charge in [-0.3, -0.25) is 0 Å². The first-order valence-corrected chi connectivity index (χ1v) is 5.58. The molecule has 13 heavy (non-hydrogen) atoms. The summed E-state index contributed by atoms with van der Waals surface area (Å²) in [6.45, 7) is 5.02. The fraction of sp³-hybridized carbons (Fsp3) is 0.400. The van der Waals surface area contributed by atoms with Crippen LogP contribution in [0.5, 0.6) is 0 Å². The van der Waals surface area contributed by atoms with Crippen LogP contribution in [0.4, 0.5) is 0 Å². The molecule has 72 valence electrons. The van der Waals surface area contributed by atoms with Crippen LogP contribution in [-0.2, 0) is 0 Å². The largest absolute Gasteiger partial charge is 0.306 e. The Balaban J connectivity index is 2.38. The Hall–Kier alpha value is -0.310. The number of rotatable bonds is 4. The maximum absolute atomic E-state index is 5.56. The van der Waals surface area contributed by atoms with Gasteiger partial charge in [0.1, 0.15) is 0 Å². The molecule has 1 rings (SSSR count). The van der Waals surface area contributed by atoms with E-state index in [2.05, 4.69) is 29.8 Å². The van der Waals surface area contributed by atoms with Gasteiger partial charge < -0.3 is 5.32 Å². The van der Waals surface area contributed by atoms with Gasteiger partial charge in [-0.2, -0.15) is 0 Å². The lowest BCUT2D eigenvalue weighted by atomic mass is 10.2. The van der Waals surface area contributed by atoms with Gasteiger partial charge in [-0.05, 0) is 30.9 Å². The predicted octanol–water partition coefficient (Wildman–Crippen LogP) is 3.54. The highest BCUT2D eigenvalue weighted by Crippen LogP contribution is 2.17. The topological polar surface area (TPSA) is 12.0 Å². The molecule has 0 aliphatic rings. The van der Waals surface area contributed by atoms with Crippen molar-refractivity contribution < 1.29 is 0 Å². The van der Waals surface area contributed by atoms with E-state index in [1.54, 1.807) is 16.9 Å². The Bertz CT molecular complexity index is 266. The van der Waals surface area contributed by atoms with Crippen LogP contribution in [0.3, 0.4) is 0 Å². The fourth-order valence-electron chi connectivity index (χ4n) is 0.991. The quantitative estimate of drug-likeness (QED) is 0.810. The Labute approximate surface area is 88.4 Å². The summed E-state index contributed by atoms with van der Waals surface area (Å²) in [6, 6.07) is 4.62. The highest BCUT2D eigenvalue weighted by Gasteiger charge is 2.04. The lowest BCUT2D eigenvalue weighted by molar-refractivity contribution is 0.616. The van der Waals surface area contributed by atoms with Crippen molar-refractivity contribution in [1.29, 1.82) is 0 Å². The SMILES string of the molecule is C/C(=C\Cl)CN[C@H](C)c1cccs1. The molecular weight excluding hydrogens is 202 g/mol. The monoisotopic (exact) mass is 215 g/mol. The smallest absolute Gasteiger partial charge is 0.0388 e. The van der Waals surface area contributed by atoms with E-state index >= 15 is 0 Å². The number of nitrogens with one attached hydrogen (secondary N) is 1. The second kappa shape index (κ2) is 5.43. The molecule has 0 aliphatic carbocycles. The van der Waals surface area contributed by atoms with Crippen LogP contribution in [0.1, 0.15) is 24.8 Å². The summed E-state index contributed by atoms with van der Waals surface area (Å²) in [6.07, 6.45) is 0. The van der Waals surface area contributed by atoms with Crippen molar-refractivity contribution in [2.24, 2.45) is 0 Å². The van der Waals surface area contributed by atoms with E-state index in [1.807, 2.05) is 6.92 Å². The third kappa shape index (κ3) is 3.51. The van der Waals surface area contributed by atoms with Gasteiger partial charge in [0.2, 0.25) is 0 Å². The van der Waals surface area contributed by atoms with Crippen molar-refractivity contribution in [2.45, 2.75) is 19.9 Å². The van der Waals surface area contributed by atoms with Crippen molar-refractivity contribution in [3.05, 3.63) is 33.5 Å². The van der Waals surface area contributed by atoms with Crippen molar-refractivity contribution in [2.75, 3.05) is 6.54 Å². The molecule has 0 bridgehead atoms. The van der Waals surface area contributed by atoms with E-state index in [-0.39, 0.29) is 0 Å². The lowest BCUT2D eigenvalue weighted by Crippen LogP contribution is -2.19. The zero-order valence-corrected chi connectivity index (χ0v) is 9.45. The van der Waals surface area contributed by atoms with Gasteiger partial charge in [0.15, 0.2) is 0 Å². The Morgan fingerprint density at radius 2 is 2.54 bits per heavy atom. The van der Waals surface area contributed by atoms with Gasteiger partial charge in [0, 0.05) is 23.0 Å². The van der Waals surface area contributed by atoms with Gasteiger partial charge >= 0.3 is 0 Å². The van der Waals surface area contributed by atoms with E-state index in [0.29, 0.717) is 6.04 Å². The molecule has 0 radical (unpaired) electrons. The molecule has 0 aromatic carbocycles. The summed E-state index contributed by atoms with van der Waals surface area (Å²) in [5.74, 6) is 0. The number of thiophene rings is 1. The summed E-state index contributed by atoms with van der Waals surface area (Å²) in [5, 5.41) is 5.49. The van der Waals surface area contributed by atoms with Crippen molar-refractivity contribution >= 4 is 22.9 Å². The van der Waals surface area contributed by atoms with Crippen LogP contribution in [-0.4, -0.2) is 6.54 Å². The standard InChI is InChI=1S/C10H14ClNS/c1-8(6-11)7-12-9(2)10-4-3-5-13-10/h3-6,9,12H,7H2,1-2H3/b8-6+/t9-/m1/s1. The molecule has 0 aliphatic heterocycles. The minimum absolute atomic E-state index is 0.409. The summed E-state index contributed by atoms with van der Waals surface area (Å²) in [5.41, 5.74) is 2.78. The van der Waals surface area contributed by atoms with Gasteiger partial charge in [-0.1, -0.05) is 17.7 Å². The minimum atomic E-state index is 0.409. The Morgan fingerprint density at radius 1 is 1.77 bits per heavy atom. The van der Waals surface area contributed by atoms with Gasteiger partial charge in [-0.25, -0.2) is 0 Å². The Morgan fingerprint density at radius 3 is 3.08 bits per heavy atom. The van der Waals surface area contributed by atoms with Crippen LogP contribution < -0.4 is 5.32 Å².